The molecule has 0 radical (unpaired) electrons. The Morgan fingerprint density at radius 2 is 0.875 bits per heavy atom. The topological polar surface area (TPSA) is 47.9 Å². The molecule has 0 fully saturated rings. The molecule has 11 rings (SSSR count). The molecular formula is C52H33N3O. The van der Waals surface area contributed by atoms with E-state index >= 15 is 0 Å². The number of aromatic nitrogens is 3. The lowest BCUT2D eigenvalue weighted by Gasteiger charge is -2.40. The fourth-order valence-corrected chi connectivity index (χ4v) is 8.72. The fraction of sp³-hybridized carbons (Fsp3) is 0.0192. The van der Waals surface area contributed by atoms with Gasteiger partial charge in [0.05, 0.1) is 16.8 Å². The first-order valence-electron chi connectivity index (χ1n) is 18.9. The van der Waals surface area contributed by atoms with Crippen molar-refractivity contribution in [2.45, 2.75) is 5.41 Å². The first-order chi connectivity index (χ1) is 27.7. The Morgan fingerprint density at radius 3 is 1.52 bits per heavy atom. The van der Waals surface area contributed by atoms with E-state index in [1.807, 2.05) is 54.9 Å². The minimum absolute atomic E-state index is 0.607. The van der Waals surface area contributed by atoms with Gasteiger partial charge in [-0.1, -0.05) is 146 Å². The van der Waals surface area contributed by atoms with Crippen molar-refractivity contribution in [3.63, 3.8) is 0 Å². The third kappa shape index (κ3) is 5.04. The molecule has 2 aliphatic rings. The number of fused-ring (bicyclic) bond motifs is 9. The molecule has 0 N–H and O–H groups in total. The van der Waals surface area contributed by atoms with Gasteiger partial charge in [0.25, 0.3) is 0 Å². The van der Waals surface area contributed by atoms with Crippen LogP contribution in [0.3, 0.4) is 0 Å². The van der Waals surface area contributed by atoms with E-state index in [9.17, 15) is 0 Å². The van der Waals surface area contributed by atoms with Gasteiger partial charge >= 0.3 is 0 Å². The summed E-state index contributed by atoms with van der Waals surface area (Å²) in [6, 6.07) is 66.4. The van der Waals surface area contributed by atoms with Crippen LogP contribution in [0.2, 0.25) is 0 Å². The largest absolute Gasteiger partial charge is 0.457 e. The summed E-state index contributed by atoms with van der Waals surface area (Å²) < 4.78 is 6.85. The average Bonchev–Trinajstić information content (AvgIpc) is 3.57. The van der Waals surface area contributed by atoms with Crippen molar-refractivity contribution in [2.24, 2.45) is 0 Å². The summed E-state index contributed by atoms with van der Waals surface area (Å²) in [5.41, 5.74) is 15.8. The number of pyridine rings is 1. The monoisotopic (exact) mass is 715 g/mol. The van der Waals surface area contributed by atoms with Crippen molar-refractivity contribution in [3.8, 4) is 78.8 Å². The zero-order valence-corrected chi connectivity index (χ0v) is 30.3. The Labute approximate surface area is 325 Å². The molecule has 0 atom stereocenters. The van der Waals surface area contributed by atoms with Crippen LogP contribution in [0, 0.1) is 0 Å². The van der Waals surface area contributed by atoms with E-state index in [0.29, 0.717) is 5.82 Å². The van der Waals surface area contributed by atoms with Crippen LogP contribution in [0.5, 0.6) is 11.5 Å². The summed E-state index contributed by atoms with van der Waals surface area (Å²) in [4.78, 5) is 14.6. The van der Waals surface area contributed by atoms with Crippen LogP contribution in [0.15, 0.2) is 200 Å². The van der Waals surface area contributed by atoms with Crippen LogP contribution in [0.25, 0.3) is 67.3 Å². The lowest BCUT2D eigenvalue weighted by atomic mass is 9.65. The van der Waals surface area contributed by atoms with E-state index in [1.165, 1.54) is 22.3 Å². The molecule has 56 heavy (non-hydrogen) atoms. The zero-order valence-electron chi connectivity index (χ0n) is 30.3. The van der Waals surface area contributed by atoms with Crippen molar-refractivity contribution < 1.29 is 4.74 Å². The summed E-state index contributed by atoms with van der Waals surface area (Å²) in [6.45, 7) is 0. The summed E-state index contributed by atoms with van der Waals surface area (Å²) in [7, 11) is 0. The van der Waals surface area contributed by atoms with Gasteiger partial charge in [0.2, 0.25) is 0 Å². The minimum Gasteiger partial charge on any atom is -0.457 e. The maximum atomic E-state index is 6.85. The molecule has 4 nitrogen and oxygen atoms in total. The van der Waals surface area contributed by atoms with Gasteiger partial charge < -0.3 is 4.74 Å². The molecule has 262 valence electrons. The second-order valence-corrected chi connectivity index (χ2v) is 14.4. The minimum atomic E-state index is -0.607. The number of hydrogen-bond acceptors (Lipinski definition) is 4. The summed E-state index contributed by atoms with van der Waals surface area (Å²) in [6.07, 6.45) is 3.74. The normalized spacial score (nSPS) is 12.9. The Hall–Kier alpha value is -7.43. The number of benzene rings is 7. The Kier molecular flexibility index (Phi) is 7.36. The van der Waals surface area contributed by atoms with E-state index in [4.69, 9.17) is 14.7 Å². The highest BCUT2D eigenvalue weighted by atomic mass is 16.5. The van der Waals surface area contributed by atoms with Crippen molar-refractivity contribution in [3.05, 3.63) is 223 Å². The molecule has 1 aliphatic heterocycles. The maximum Gasteiger partial charge on any atom is 0.160 e. The lowest BCUT2D eigenvalue weighted by Crippen LogP contribution is -2.32. The van der Waals surface area contributed by atoms with Gasteiger partial charge in [0, 0.05) is 45.8 Å². The smallest absolute Gasteiger partial charge is 0.160 e. The highest BCUT2D eigenvalue weighted by Gasteiger charge is 2.51. The molecule has 3 heterocycles. The lowest BCUT2D eigenvalue weighted by molar-refractivity contribution is 0.436. The van der Waals surface area contributed by atoms with Crippen LogP contribution in [0.4, 0.5) is 0 Å². The number of nitrogens with zero attached hydrogens (tertiary/aromatic N) is 3. The van der Waals surface area contributed by atoms with Gasteiger partial charge in [-0.3, -0.25) is 4.98 Å². The van der Waals surface area contributed by atoms with E-state index in [2.05, 4.69) is 151 Å². The Bertz CT molecular complexity index is 2840. The Morgan fingerprint density at radius 1 is 0.357 bits per heavy atom. The predicted octanol–water partition coefficient (Wildman–Crippen LogP) is 12.7. The third-order valence-corrected chi connectivity index (χ3v) is 11.3. The molecule has 7 aromatic carbocycles. The summed E-state index contributed by atoms with van der Waals surface area (Å²) in [5.74, 6) is 2.41. The standard InChI is InChI=1S/C52H33N3O/c1-3-13-34(14-4-1)47-32-48(55-51(54-47)35-15-5-2-6-16-35)39-18-11-17-36(29-39)37-24-26-49-45(30-37)52(43-22-9-7-20-41(43)42-21-8-10-23-44(42)52)46-31-38(25-27-50(46)56-49)40-19-12-28-53-33-40/h1-33H. The average molecular weight is 716 g/mol. The van der Waals surface area contributed by atoms with Crippen LogP contribution in [-0.4, -0.2) is 15.0 Å². The summed E-state index contributed by atoms with van der Waals surface area (Å²) >= 11 is 0. The van der Waals surface area contributed by atoms with Crippen molar-refractivity contribution >= 4 is 0 Å². The fourth-order valence-electron chi connectivity index (χ4n) is 8.72. The van der Waals surface area contributed by atoms with Crippen LogP contribution in [0.1, 0.15) is 22.3 Å². The first-order valence-corrected chi connectivity index (χ1v) is 18.9. The molecule has 0 amide bonds. The molecule has 0 saturated carbocycles. The van der Waals surface area contributed by atoms with Crippen molar-refractivity contribution in [1.29, 1.82) is 0 Å². The van der Waals surface area contributed by atoms with Crippen molar-refractivity contribution in [2.75, 3.05) is 0 Å². The zero-order chi connectivity index (χ0) is 37.1. The van der Waals surface area contributed by atoms with E-state index in [0.717, 1.165) is 73.0 Å². The van der Waals surface area contributed by atoms with Gasteiger partial charge in [-0.2, -0.15) is 0 Å². The molecule has 4 heteroatoms. The Balaban J connectivity index is 1.10. The second-order valence-electron chi connectivity index (χ2n) is 14.4. The second kappa shape index (κ2) is 12.9. The third-order valence-electron chi connectivity index (χ3n) is 11.3. The van der Waals surface area contributed by atoms with E-state index in [1.54, 1.807) is 0 Å². The van der Waals surface area contributed by atoms with Gasteiger partial charge in [-0.05, 0) is 81.4 Å². The molecule has 9 aromatic rings. The van der Waals surface area contributed by atoms with Crippen LogP contribution < -0.4 is 4.74 Å². The summed E-state index contributed by atoms with van der Waals surface area (Å²) in [5, 5.41) is 0. The predicted molar refractivity (Wildman–Crippen MR) is 224 cm³/mol. The molecule has 0 saturated heterocycles. The molecule has 1 spiro atoms. The molecule has 0 bridgehead atoms. The number of hydrogen-bond donors (Lipinski definition) is 0. The van der Waals surface area contributed by atoms with Gasteiger partial charge in [-0.15, -0.1) is 0 Å². The van der Waals surface area contributed by atoms with Crippen LogP contribution >= 0.6 is 0 Å². The number of ether oxygens (including phenoxy) is 1. The highest BCUT2D eigenvalue weighted by molar-refractivity contribution is 5.90. The highest BCUT2D eigenvalue weighted by Crippen LogP contribution is 2.62. The van der Waals surface area contributed by atoms with Crippen LogP contribution in [-0.2, 0) is 5.41 Å². The molecule has 1 aliphatic carbocycles. The van der Waals surface area contributed by atoms with E-state index < -0.39 is 5.41 Å². The van der Waals surface area contributed by atoms with E-state index in [-0.39, 0.29) is 0 Å². The molecule has 2 aromatic heterocycles. The first kappa shape index (κ1) is 32.0. The maximum absolute atomic E-state index is 6.85. The molecule has 0 unspecified atom stereocenters. The molecular weight excluding hydrogens is 683 g/mol. The SMILES string of the molecule is c1ccc(-c2cc(-c3cccc(-c4ccc5c(c4)C4(c6cc(-c7cccnc7)ccc6O5)c5ccccc5-c5ccccc54)c3)nc(-c3ccccc3)n2)cc1. The van der Waals surface area contributed by atoms with Gasteiger partial charge in [0.15, 0.2) is 5.82 Å². The number of rotatable bonds is 5. The van der Waals surface area contributed by atoms with Crippen molar-refractivity contribution in [1.82, 2.24) is 15.0 Å². The van der Waals surface area contributed by atoms with Gasteiger partial charge in [-0.25, -0.2) is 9.97 Å². The van der Waals surface area contributed by atoms with Gasteiger partial charge in [0.1, 0.15) is 11.5 Å². The quantitative estimate of drug-likeness (QED) is 0.178.